The molecule has 0 amide bonds. The topological polar surface area (TPSA) is 44.3 Å². The van der Waals surface area contributed by atoms with Crippen molar-refractivity contribution in [1.29, 1.82) is 0 Å². The van der Waals surface area contributed by atoms with Gasteiger partial charge in [0, 0.05) is 33.3 Å². The zero-order valence-corrected chi connectivity index (χ0v) is 12.1. The number of benzene rings is 1. The molecule has 1 N–H and O–H groups in total. The molecule has 0 saturated carbocycles. The van der Waals surface area contributed by atoms with Crippen LogP contribution in [0.4, 0.5) is 23.0 Å². The normalized spacial score (nSPS) is 14.2. The van der Waals surface area contributed by atoms with Crippen LogP contribution in [0.3, 0.4) is 0 Å². The molecule has 3 rings (SSSR count). The van der Waals surface area contributed by atoms with Crippen LogP contribution in [0.2, 0.25) is 0 Å². The molecule has 0 atom stereocenters. The molecule has 0 radical (unpaired) electrons. The Morgan fingerprint density at radius 3 is 2.60 bits per heavy atom. The van der Waals surface area contributed by atoms with Crippen molar-refractivity contribution in [3.63, 3.8) is 0 Å². The van der Waals surface area contributed by atoms with Crippen LogP contribution in [-0.2, 0) is 0 Å². The van der Waals surface area contributed by atoms with Crippen molar-refractivity contribution < 1.29 is 0 Å². The third-order valence-electron chi connectivity index (χ3n) is 3.60. The Balaban J connectivity index is 2.07. The van der Waals surface area contributed by atoms with Crippen LogP contribution in [-0.4, -0.2) is 37.2 Å². The molecule has 0 spiro atoms. The van der Waals surface area contributed by atoms with Gasteiger partial charge in [0.1, 0.15) is 17.5 Å². The van der Waals surface area contributed by atoms with Crippen molar-refractivity contribution in [3.8, 4) is 0 Å². The Labute approximate surface area is 119 Å². The molecule has 0 unspecified atom stereocenters. The third-order valence-corrected chi connectivity index (χ3v) is 3.60. The lowest BCUT2D eigenvalue weighted by molar-refractivity contribution is 0.809. The van der Waals surface area contributed by atoms with E-state index in [1.807, 2.05) is 20.0 Å². The standard InChI is InChI=1S/C15H19N5/c1-11-17-14(16-2)10-15(18-11)20-9-8-19(3)12-6-4-5-7-13(12)20/h4-7,10H,8-9H2,1-3H3,(H,16,17,18). The molecule has 2 heterocycles. The first kappa shape index (κ1) is 12.7. The van der Waals surface area contributed by atoms with E-state index in [0.717, 1.165) is 30.5 Å². The molecule has 1 aromatic heterocycles. The zero-order chi connectivity index (χ0) is 14.1. The highest BCUT2D eigenvalue weighted by atomic mass is 15.3. The maximum absolute atomic E-state index is 4.59. The molecule has 1 aliphatic heterocycles. The number of hydrogen-bond acceptors (Lipinski definition) is 5. The van der Waals surface area contributed by atoms with Crippen LogP contribution in [0.1, 0.15) is 5.82 Å². The highest BCUT2D eigenvalue weighted by molar-refractivity contribution is 5.78. The fourth-order valence-electron chi connectivity index (χ4n) is 2.56. The number of aryl methyl sites for hydroxylation is 1. The summed E-state index contributed by atoms with van der Waals surface area (Å²) < 4.78 is 0. The van der Waals surface area contributed by atoms with Gasteiger partial charge in [-0.25, -0.2) is 9.97 Å². The number of likely N-dealkylation sites (N-methyl/N-ethyl adjacent to an activating group) is 1. The van der Waals surface area contributed by atoms with E-state index in [9.17, 15) is 0 Å². The van der Waals surface area contributed by atoms with Crippen LogP contribution in [0.5, 0.6) is 0 Å². The van der Waals surface area contributed by atoms with Crippen LogP contribution >= 0.6 is 0 Å². The number of aromatic nitrogens is 2. The van der Waals surface area contributed by atoms with Gasteiger partial charge >= 0.3 is 0 Å². The van der Waals surface area contributed by atoms with Crippen molar-refractivity contribution in [2.24, 2.45) is 0 Å². The van der Waals surface area contributed by atoms with E-state index in [-0.39, 0.29) is 0 Å². The van der Waals surface area contributed by atoms with Crippen LogP contribution in [0.15, 0.2) is 30.3 Å². The number of fused-ring (bicyclic) bond motifs is 1. The van der Waals surface area contributed by atoms with Gasteiger partial charge < -0.3 is 15.1 Å². The van der Waals surface area contributed by atoms with Gasteiger partial charge in [0.2, 0.25) is 0 Å². The Morgan fingerprint density at radius 1 is 1.10 bits per heavy atom. The van der Waals surface area contributed by atoms with Crippen molar-refractivity contribution in [2.75, 3.05) is 42.3 Å². The van der Waals surface area contributed by atoms with Crippen molar-refractivity contribution in [1.82, 2.24) is 9.97 Å². The Morgan fingerprint density at radius 2 is 1.85 bits per heavy atom. The van der Waals surface area contributed by atoms with E-state index in [0.29, 0.717) is 0 Å². The molecule has 20 heavy (non-hydrogen) atoms. The summed E-state index contributed by atoms with van der Waals surface area (Å²) >= 11 is 0. The number of anilines is 4. The van der Waals surface area contributed by atoms with E-state index < -0.39 is 0 Å². The van der Waals surface area contributed by atoms with Gasteiger partial charge in [0.05, 0.1) is 11.4 Å². The Kier molecular flexibility index (Phi) is 3.18. The summed E-state index contributed by atoms with van der Waals surface area (Å²) in [5.41, 5.74) is 2.43. The average molecular weight is 269 g/mol. The highest BCUT2D eigenvalue weighted by Gasteiger charge is 2.22. The molecule has 0 saturated heterocycles. The summed E-state index contributed by atoms with van der Waals surface area (Å²) in [4.78, 5) is 13.5. The van der Waals surface area contributed by atoms with E-state index in [4.69, 9.17) is 0 Å². The number of para-hydroxylation sites is 2. The SMILES string of the molecule is CNc1cc(N2CCN(C)c3ccccc32)nc(C)n1. The predicted octanol–water partition coefficient (Wildman–Crippen LogP) is 2.41. The van der Waals surface area contributed by atoms with Gasteiger partial charge in [-0.15, -0.1) is 0 Å². The van der Waals surface area contributed by atoms with E-state index in [2.05, 4.69) is 56.4 Å². The Bertz CT molecular complexity index is 625. The molecule has 1 aromatic carbocycles. The number of nitrogens with one attached hydrogen (secondary N) is 1. The second kappa shape index (κ2) is 5.00. The van der Waals surface area contributed by atoms with Gasteiger partial charge in [-0.2, -0.15) is 0 Å². The summed E-state index contributed by atoms with van der Waals surface area (Å²) in [5.74, 6) is 2.58. The summed E-state index contributed by atoms with van der Waals surface area (Å²) in [6.07, 6.45) is 0. The summed E-state index contributed by atoms with van der Waals surface area (Å²) in [6, 6.07) is 10.4. The number of hydrogen-bond donors (Lipinski definition) is 1. The van der Waals surface area contributed by atoms with Crippen molar-refractivity contribution in [3.05, 3.63) is 36.2 Å². The van der Waals surface area contributed by atoms with Crippen LogP contribution < -0.4 is 15.1 Å². The maximum Gasteiger partial charge on any atom is 0.138 e. The van der Waals surface area contributed by atoms with Gasteiger partial charge in [-0.1, -0.05) is 12.1 Å². The largest absolute Gasteiger partial charge is 0.373 e. The highest BCUT2D eigenvalue weighted by Crippen LogP contribution is 2.36. The minimum atomic E-state index is 0.781. The maximum atomic E-state index is 4.59. The fourth-order valence-corrected chi connectivity index (χ4v) is 2.56. The van der Waals surface area contributed by atoms with E-state index in [1.54, 1.807) is 0 Å². The minimum absolute atomic E-state index is 0.781. The van der Waals surface area contributed by atoms with Crippen LogP contribution in [0.25, 0.3) is 0 Å². The van der Waals surface area contributed by atoms with Gasteiger partial charge in [0.15, 0.2) is 0 Å². The fraction of sp³-hybridized carbons (Fsp3) is 0.333. The average Bonchev–Trinajstić information content (AvgIpc) is 2.47. The molecule has 0 bridgehead atoms. The summed E-state index contributed by atoms with van der Waals surface area (Å²) in [7, 11) is 4.00. The number of nitrogens with zero attached hydrogens (tertiary/aromatic N) is 4. The van der Waals surface area contributed by atoms with Gasteiger partial charge in [0.25, 0.3) is 0 Å². The molecule has 104 valence electrons. The molecule has 5 nitrogen and oxygen atoms in total. The van der Waals surface area contributed by atoms with Crippen molar-refractivity contribution >= 4 is 23.0 Å². The monoisotopic (exact) mass is 269 g/mol. The Hall–Kier alpha value is -2.30. The van der Waals surface area contributed by atoms with Gasteiger partial charge in [-0.3, -0.25) is 0 Å². The van der Waals surface area contributed by atoms with Crippen molar-refractivity contribution in [2.45, 2.75) is 6.92 Å². The van der Waals surface area contributed by atoms with E-state index >= 15 is 0 Å². The lowest BCUT2D eigenvalue weighted by Gasteiger charge is -2.36. The first-order valence-electron chi connectivity index (χ1n) is 6.80. The third kappa shape index (κ3) is 2.15. The minimum Gasteiger partial charge on any atom is -0.373 e. The number of rotatable bonds is 2. The molecule has 0 aliphatic carbocycles. The quantitative estimate of drug-likeness (QED) is 0.907. The lowest BCUT2D eigenvalue weighted by Crippen LogP contribution is -2.36. The molecular weight excluding hydrogens is 250 g/mol. The second-order valence-corrected chi connectivity index (χ2v) is 4.97. The lowest BCUT2D eigenvalue weighted by atomic mass is 10.1. The molecule has 1 aliphatic rings. The predicted molar refractivity (Wildman–Crippen MR) is 83.0 cm³/mol. The first-order chi connectivity index (χ1) is 9.69. The van der Waals surface area contributed by atoms with Crippen LogP contribution in [0, 0.1) is 6.92 Å². The summed E-state index contributed by atoms with van der Waals surface area (Å²) in [5, 5.41) is 3.09. The molecule has 5 heteroatoms. The molecular formula is C15H19N5. The second-order valence-electron chi connectivity index (χ2n) is 4.97. The smallest absolute Gasteiger partial charge is 0.138 e. The zero-order valence-electron chi connectivity index (χ0n) is 12.1. The molecule has 0 fully saturated rings. The van der Waals surface area contributed by atoms with E-state index in [1.165, 1.54) is 11.4 Å². The van der Waals surface area contributed by atoms with Gasteiger partial charge in [-0.05, 0) is 19.1 Å². The molecule has 2 aromatic rings. The summed E-state index contributed by atoms with van der Waals surface area (Å²) in [6.45, 7) is 3.83. The first-order valence-corrected chi connectivity index (χ1v) is 6.80.